The van der Waals surface area contributed by atoms with E-state index in [4.69, 9.17) is 11.6 Å². The molecule has 0 aromatic carbocycles. The van der Waals surface area contributed by atoms with Crippen molar-refractivity contribution < 1.29 is 0 Å². The topological polar surface area (TPSA) is 55.1 Å². The highest BCUT2D eigenvalue weighted by atomic mass is 35.5. The molecule has 3 aromatic rings. The molecule has 3 aromatic heterocycles. The third-order valence-electron chi connectivity index (χ3n) is 3.50. The Bertz CT molecular complexity index is 807. The second-order valence-corrected chi connectivity index (χ2v) is 6.90. The highest BCUT2D eigenvalue weighted by Gasteiger charge is 2.17. The summed E-state index contributed by atoms with van der Waals surface area (Å²) in [4.78, 5) is 10.9. The fourth-order valence-corrected chi connectivity index (χ4v) is 3.62. The van der Waals surface area contributed by atoms with Crippen molar-refractivity contribution in [1.82, 2.24) is 19.6 Å². The van der Waals surface area contributed by atoms with Crippen LogP contribution in [0.25, 0.3) is 5.78 Å². The molecule has 0 aliphatic rings. The van der Waals surface area contributed by atoms with E-state index in [1.165, 1.54) is 21.6 Å². The number of nitrogens with zero attached hydrogens (tertiary/aromatic N) is 4. The monoisotopic (exact) mass is 321 g/mol. The molecular formula is C14H16ClN5S. The molecule has 7 heteroatoms. The number of aryl methyl sites for hydroxylation is 2. The van der Waals surface area contributed by atoms with Crippen LogP contribution in [0.5, 0.6) is 0 Å². The average Bonchev–Trinajstić information content (AvgIpc) is 3.00. The van der Waals surface area contributed by atoms with Gasteiger partial charge in [-0.05, 0) is 39.3 Å². The standard InChI is InChI=1S/C14H16ClN5S/c1-7-5-11(10(4)21-7)9(3)18-13-8(2)12(15)19-14-16-6-17-20(13)14/h5-6,9,18H,1-4H3. The zero-order chi connectivity index (χ0) is 15.1. The predicted molar refractivity (Wildman–Crippen MR) is 86.4 cm³/mol. The zero-order valence-corrected chi connectivity index (χ0v) is 13.9. The first-order chi connectivity index (χ1) is 9.97. The SMILES string of the molecule is Cc1cc(C(C)Nc2c(C)c(Cl)nc3ncnn23)c(C)s1. The van der Waals surface area contributed by atoms with E-state index >= 15 is 0 Å². The Labute approximate surface area is 132 Å². The minimum absolute atomic E-state index is 0.152. The fraction of sp³-hybridized carbons (Fsp3) is 0.357. The lowest BCUT2D eigenvalue weighted by atomic mass is 10.1. The summed E-state index contributed by atoms with van der Waals surface area (Å²) in [5.74, 6) is 1.33. The maximum absolute atomic E-state index is 6.18. The van der Waals surface area contributed by atoms with Crippen LogP contribution in [0.15, 0.2) is 12.4 Å². The Balaban J connectivity index is 2.03. The van der Waals surface area contributed by atoms with Crippen LogP contribution in [-0.2, 0) is 0 Å². The Morgan fingerprint density at radius 1 is 1.33 bits per heavy atom. The molecule has 0 aliphatic carbocycles. The fourth-order valence-electron chi connectivity index (χ4n) is 2.43. The second kappa shape index (κ2) is 5.27. The van der Waals surface area contributed by atoms with Crippen molar-refractivity contribution in [2.24, 2.45) is 0 Å². The van der Waals surface area contributed by atoms with Crippen LogP contribution in [0.4, 0.5) is 5.82 Å². The smallest absolute Gasteiger partial charge is 0.255 e. The Morgan fingerprint density at radius 2 is 2.10 bits per heavy atom. The summed E-state index contributed by atoms with van der Waals surface area (Å²) < 4.78 is 1.69. The van der Waals surface area contributed by atoms with Crippen molar-refractivity contribution in [1.29, 1.82) is 0 Å². The van der Waals surface area contributed by atoms with Gasteiger partial charge in [0.05, 0.1) is 6.04 Å². The van der Waals surface area contributed by atoms with Gasteiger partial charge >= 0.3 is 0 Å². The van der Waals surface area contributed by atoms with Gasteiger partial charge < -0.3 is 5.32 Å². The van der Waals surface area contributed by atoms with E-state index in [0.29, 0.717) is 10.9 Å². The van der Waals surface area contributed by atoms with Crippen molar-refractivity contribution in [2.75, 3.05) is 5.32 Å². The molecule has 0 amide bonds. The molecule has 0 saturated carbocycles. The van der Waals surface area contributed by atoms with E-state index in [2.05, 4.69) is 47.2 Å². The Hall–Kier alpha value is -1.66. The summed E-state index contributed by atoms with van der Waals surface area (Å²) in [6.07, 6.45) is 1.48. The number of halogens is 1. The number of aromatic nitrogens is 4. The molecule has 5 nitrogen and oxygen atoms in total. The number of anilines is 1. The van der Waals surface area contributed by atoms with Gasteiger partial charge in [0, 0.05) is 15.3 Å². The number of thiophene rings is 1. The molecule has 1 unspecified atom stereocenters. The molecule has 0 bridgehead atoms. The molecule has 0 fully saturated rings. The van der Waals surface area contributed by atoms with Gasteiger partial charge in [-0.1, -0.05) is 11.6 Å². The molecular weight excluding hydrogens is 306 g/mol. The van der Waals surface area contributed by atoms with Crippen molar-refractivity contribution in [3.63, 3.8) is 0 Å². The number of fused-ring (bicyclic) bond motifs is 1. The van der Waals surface area contributed by atoms with Crippen LogP contribution in [-0.4, -0.2) is 19.6 Å². The molecule has 1 atom stereocenters. The van der Waals surface area contributed by atoms with Crippen LogP contribution < -0.4 is 5.32 Å². The molecule has 0 aliphatic heterocycles. The summed E-state index contributed by atoms with van der Waals surface area (Å²) in [5.41, 5.74) is 2.16. The highest BCUT2D eigenvalue weighted by molar-refractivity contribution is 7.12. The maximum atomic E-state index is 6.18. The molecule has 0 saturated heterocycles. The molecule has 21 heavy (non-hydrogen) atoms. The van der Waals surface area contributed by atoms with E-state index in [0.717, 1.165) is 11.4 Å². The minimum atomic E-state index is 0.152. The van der Waals surface area contributed by atoms with Crippen LogP contribution >= 0.6 is 22.9 Å². The van der Waals surface area contributed by atoms with Gasteiger partial charge in [0.25, 0.3) is 5.78 Å². The summed E-state index contributed by atoms with van der Waals surface area (Å²) >= 11 is 7.99. The minimum Gasteiger partial charge on any atom is -0.363 e. The van der Waals surface area contributed by atoms with Crippen molar-refractivity contribution in [2.45, 2.75) is 33.7 Å². The van der Waals surface area contributed by atoms with Gasteiger partial charge in [0.1, 0.15) is 17.3 Å². The third-order valence-corrected chi connectivity index (χ3v) is 4.85. The van der Waals surface area contributed by atoms with Crippen molar-refractivity contribution in [3.05, 3.63) is 38.4 Å². The first-order valence-corrected chi connectivity index (χ1v) is 7.86. The third kappa shape index (κ3) is 2.49. The number of rotatable bonds is 3. The van der Waals surface area contributed by atoms with E-state index < -0.39 is 0 Å². The lowest BCUT2D eigenvalue weighted by Crippen LogP contribution is -2.13. The molecule has 3 rings (SSSR count). The summed E-state index contributed by atoms with van der Waals surface area (Å²) in [7, 11) is 0. The number of hydrogen-bond donors (Lipinski definition) is 1. The van der Waals surface area contributed by atoms with Crippen LogP contribution in [0.1, 0.15) is 33.8 Å². The normalized spacial score (nSPS) is 12.8. The predicted octanol–water partition coefficient (Wildman–Crippen LogP) is 3.94. The Kier molecular flexibility index (Phi) is 3.59. The van der Waals surface area contributed by atoms with Gasteiger partial charge in [-0.2, -0.15) is 19.6 Å². The van der Waals surface area contributed by atoms with E-state index in [1.54, 1.807) is 4.52 Å². The van der Waals surface area contributed by atoms with Crippen molar-refractivity contribution in [3.8, 4) is 0 Å². The van der Waals surface area contributed by atoms with E-state index in [1.807, 2.05) is 18.3 Å². The molecule has 3 heterocycles. The van der Waals surface area contributed by atoms with Crippen molar-refractivity contribution >= 4 is 34.5 Å². The zero-order valence-electron chi connectivity index (χ0n) is 12.3. The van der Waals surface area contributed by atoms with Crippen LogP contribution in [0.2, 0.25) is 5.15 Å². The molecule has 110 valence electrons. The van der Waals surface area contributed by atoms with E-state index in [-0.39, 0.29) is 6.04 Å². The molecule has 1 N–H and O–H groups in total. The first-order valence-electron chi connectivity index (χ1n) is 6.66. The van der Waals surface area contributed by atoms with Gasteiger partial charge in [-0.25, -0.2) is 0 Å². The lowest BCUT2D eigenvalue weighted by Gasteiger charge is -2.18. The highest BCUT2D eigenvalue weighted by Crippen LogP contribution is 2.30. The maximum Gasteiger partial charge on any atom is 0.255 e. The molecule has 0 radical (unpaired) electrons. The summed E-state index contributed by atoms with van der Waals surface area (Å²) in [6, 6.07) is 2.37. The largest absolute Gasteiger partial charge is 0.363 e. The number of nitrogens with one attached hydrogen (secondary N) is 1. The molecule has 0 spiro atoms. The van der Waals surface area contributed by atoms with Gasteiger partial charge in [0.15, 0.2) is 0 Å². The average molecular weight is 322 g/mol. The quantitative estimate of drug-likeness (QED) is 0.742. The van der Waals surface area contributed by atoms with Crippen LogP contribution in [0, 0.1) is 20.8 Å². The van der Waals surface area contributed by atoms with Crippen LogP contribution in [0.3, 0.4) is 0 Å². The summed E-state index contributed by atoms with van der Waals surface area (Å²) in [6.45, 7) is 8.32. The van der Waals surface area contributed by atoms with Gasteiger partial charge in [-0.3, -0.25) is 0 Å². The Morgan fingerprint density at radius 3 is 2.76 bits per heavy atom. The first kappa shape index (κ1) is 14.3. The lowest BCUT2D eigenvalue weighted by molar-refractivity contribution is 0.833. The van der Waals surface area contributed by atoms with E-state index in [9.17, 15) is 0 Å². The van der Waals surface area contributed by atoms with Gasteiger partial charge in [0.2, 0.25) is 0 Å². The van der Waals surface area contributed by atoms with Gasteiger partial charge in [-0.15, -0.1) is 11.3 Å². The number of hydrogen-bond acceptors (Lipinski definition) is 5. The summed E-state index contributed by atoms with van der Waals surface area (Å²) in [5, 5.41) is 8.16. The second-order valence-electron chi connectivity index (χ2n) is 5.08.